The van der Waals surface area contributed by atoms with Crippen LogP contribution in [0.4, 0.5) is 5.95 Å². The highest BCUT2D eigenvalue weighted by Gasteiger charge is 2.07. The van der Waals surface area contributed by atoms with Gasteiger partial charge in [0.25, 0.3) is 0 Å². The van der Waals surface area contributed by atoms with Crippen molar-refractivity contribution in [1.82, 2.24) is 9.55 Å². The highest BCUT2D eigenvalue weighted by molar-refractivity contribution is 9.10. The molecule has 1 aromatic heterocycles. The molecule has 0 amide bonds. The monoisotopic (exact) mass is 280 g/mol. The quantitative estimate of drug-likeness (QED) is 0.668. The molecule has 0 atom stereocenters. The van der Waals surface area contributed by atoms with Gasteiger partial charge >= 0.3 is 0 Å². The molecule has 1 aromatic carbocycles. The maximum Gasteiger partial charge on any atom is 0.201 e. The molecule has 3 N–H and O–H groups in total. The van der Waals surface area contributed by atoms with Crippen molar-refractivity contribution in [3.63, 3.8) is 0 Å². The maximum absolute atomic E-state index is 6.99. The molecule has 0 aliphatic rings. The van der Waals surface area contributed by atoms with Crippen LogP contribution in [-0.4, -0.2) is 15.8 Å². The first-order valence-corrected chi connectivity index (χ1v) is 5.92. The van der Waals surface area contributed by atoms with E-state index in [4.69, 9.17) is 11.1 Å². The van der Waals surface area contributed by atoms with E-state index < -0.39 is 0 Å². The van der Waals surface area contributed by atoms with Crippen molar-refractivity contribution in [2.45, 2.75) is 19.4 Å². The van der Waals surface area contributed by atoms with Gasteiger partial charge in [-0.3, -0.25) is 0 Å². The van der Waals surface area contributed by atoms with Gasteiger partial charge in [0.1, 0.15) is 0 Å². The third kappa shape index (κ3) is 2.09. The number of unbranched alkanes of at least 4 members (excludes halogenated alkanes) is 1. The average Bonchev–Trinajstić information content (AvgIpc) is 2.56. The number of nitrogens with two attached hydrogens (primary N) is 1. The second kappa shape index (κ2) is 4.65. The lowest BCUT2D eigenvalue weighted by Gasteiger charge is -2.04. The Bertz CT molecular complexity index is 518. The number of benzene rings is 1. The second-order valence-corrected chi connectivity index (χ2v) is 4.52. The maximum atomic E-state index is 6.99. The number of fused-ring (bicyclic) bond motifs is 1. The number of nitrogen functional groups attached to an aromatic ring is 1. The van der Waals surface area contributed by atoms with Gasteiger partial charge in [-0.15, -0.1) is 0 Å². The predicted molar refractivity (Wildman–Crippen MR) is 69.9 cm³/mol. The number of anilines is 1. The molecule has 0 fully saturated rings. The summed E-state index contributed by atoms with van der Waals surface area (Å²) in [7, 11) is 0. The van der Waals surface area contributed by atoms with Crippen molar-refractivity contribution < 1.29 is 0 Å². The fraction of sp³-hybridized carbons (Fsp3) is 0.273. The number of halogens is 1. The fourth-order valence-corrected chi connectivity index (χ4v) is 2.05. The summed E-state index contributed by atoms with van der Waals surface area (Å²) in [6, 6.07) is 5.92. The van der Waals surface area contributed by atoms with Crippen LogP contribution in [0.2, 0.25) is 0 Å². The van der Waals surface area contributed by atoms with Crippen LogP contribution in [0.3, 0.4) is 0 Å². The van der Waals surface area contributed by atoms with Crippen LogP contribution in [0.5, 0.6) is 0 Å². The van der Waals surface area contributed by atoms with Gasteiger partial charge in [-0.05, 0) is 37.3 Å². The van der Waals surface area contributed by atoms with Crippen molar-refractivity contribution in [2.24, 2.45) is 0 Å². The van der Waals surface area contributed by atoms with E-state index in [1.807, 2.05) is 22.8 Å². The van der Waals surface area contributed by atoms with E-state index in [1.165, 1.54) is 6.21 Å². The lowest BCUT2D eigenvalue weighted by atomic mass is 10.3. The number of hydrogen-bond donors (Lipinski definition) is 2. The lowest BCUT2D eigenvalue weighted by molar-refractivity contribution is 0.686. The number of aryl methyl sites for hydroxylation is 1. The van der Waals surface area contributed by atoms with Crippen LogP contribution in [0.1, 0.15) is 12.8 Å². The van der Waals surface area contributed by atoms with E-state index in [-0.39, 0.29) is 0 Å². The first-order chi connectivity index (χ1) is 7.72. The molecule has 2 aromatic rings. The zero-order valence-electron chi connectivity index (χ0n) is 8.78. The molecule has 0 saturated carbocycles. The molecule has 0 unspecified atom stereocenters. The Labute approximate surface area is 102 Å². The van der Waals surface area contributed by atoms with Gasteiger partial charge in [0.05, 0.1) is 11.0 Å². The van der Waals surface area contributed by atoms with Crippen molar-refractivity contribution in [2.75, 3.05) is 5.73 Å². The Hall–Kier alpha value is -1.36. The average molecular weight is 281 g/mol. The van der Waals surface area contributed by atoms with Crippen molar-refractivity contribution in [1.29, 1.82) is 5.41 Å². The van der Waals surface area contributed by atoms with Gasteiger partial charge in [0, 0.05) is 11.0 Å². The molecule has 0 aliphatic carbocycles. The van der Waals surface area contributed by atoms with Gasteiger partial charge in [0.2, 0.25) is 5.95 Å². The molecule has 2 rings (SSSR count). The summed E-state index contributed by atoms with van der Waals surface area (Å²) in [5.41, 5.74) is 7.82. The minimum absolute atomic E-state index is 0.540. The molecule has 0 saturated heterocycles. The minimum Gasteiger partial charge on any atom is -0.369 e. The van der Waals surface area contributed by atoms with E-state index in [9.17, 15) is 0 Å². The molecule has 5 heteroatoms. The van der Waals surface area contributed by atoms with Gasteiger partial charge in [-0.2, -0.15) is 0 Å². The van der Waals surface area contributed by atoms with Gasteiger partial charge in [-0.25, -0.2) is 4.98 Å². The topological polar surface area (TPSA) is 67.7 Å². The zero-order chi connectivity index (χ0) is 11.5. The van der Waals surface area contributed by atoms with Crippen LogP contribution in [0.25, 0.3) is 11.0 Å². The third-order valence-electron chi connectivity index (χ3n) is 2.47. The number of imidazole rings is 1. The van der Waals surface area contributed by atoms with Crippen LogP contribution in [0.15, 0.2) is 22.7 Å². The number of rotatable bonds is 4. The standard InChI is InChI=1S/C11H13BrN4/c12-8-3-4-9-10(7-8)16(11(14)15-9)6-2-1-5-13/h3-5,7,13H,1-2,6H2,(H2,14,15). The predicted octanol–water partition coefficient (Wildman–Crippen LogP) is 2.81. The normalized spacial score (nSPS) is 10.8. The number of nitrogens with zero attached hydrogens (tertiary/aromatic N) is 2. The Kier molecular flexibility index (Phi) is 3.24. The summed E-state index contributed by atoms with van der Waals surface area (Å²) in [4.78, 5) is 4.30. The molecule has 1 heterocycles. The highest BCUT2D eigenvalue weighted by Crippen LogP contribution is 2.22. The number of aromatic nitrogens is 2. The van der Waals surface area contributed by atoms with Crippen LogP contribution in [0, 0.1) is 5.41 Å². The smallest absolute Gasteiger partial charge is 0.201 e. The molecule has 0 bridgehead atoms. The molecule has 0 radical (unpaired) electrons. The molecular formula is C11H13BrN4. The molecular weight excluding hydrogens is 268 g/mol. The largest absolute Gasteiger partial charge is 0.369 e. The summed E-state index contributed by atoms with van der Waals surface area (Å²) >= 11 is 3.44. The van der Waals surface area contributed by atoms with E-state index in [0.717, 1.165) is 34.9 Å². The van der Waals surface area contributed by atoms with Gasteiger partial charge in [-0.1, -0.05) is 15.9 Å². The highest BCUT2D eigenvalue weighted by atomic mass is 79.9. The SMILES string of the molecule is N=CCCCn1c(N)nc2ccc(Br)cc21. The Morgan fingerprint density at radius 3 is 3.06 bits per heavy atom. The number of hydrogen-bond acceptors (Lipinski definition) is 3. The van der Waals surface area contributed by atoms with Crippen molar-refractivity contribution in [3.8, 4) is 0 Å². The summed E-state index contributed by atoms with van der Waals surface area (Å²) in [6.07, 6.45) is 3.10. The number of nitrogens with one attached hydrogen (secondary N) is 1. The molecule has 0 spiro atoms. The molecule has 84 valence electrons. The Morgan fingerprint density at radius 2 is 2.31 bits per heavy atom. The second-order valence-electron chi connectivity index (χ2n) is 3.60. The Balaban J connectivity index is 2.38. The zero-order valence-corrected chi connectivity index (χ0v) is 10.4. The summed E-state index contributed by atoms with van der Waals surface area (Å²) in [5.74, 6) is 0.540. The fourth-order valence-electron chi connectivity index (χ4n) is 1.70. The van der Waals surface area contributed by atoms with Crippen LogP contribution >= 0.6 is 15.9 Å². The van der Waals surface area contributed by atoms with E-state index in [1.54, 1.807) is 0 Å². The summed E-state index contributed by atoms with van der Waals surface area (Å²) < 4.78 is 3.01. The van der Waals surface area contributed by atoms with Gasteiger partial charge < -0.3 is 15.7 Å². The molecule has 4 nitrogen and oxygen atoms in total. The van der Waals surface area contributed by atoms with E-state index >= 15 is 0 Å². The molecule has 16 heavy (non-hydrogen) atoms. The summed E-state index contributed by atoms with van der Waals surface area (Å²) in [6.45, 7) is 0.800. The van der Waals surface area contributed by atoms with Crippen LogP contribution < -0.4 is 5.73 Å². The van der Waals surface area contributed by atoms with Crippen molar-refractivity contribution in [3.05, 3.63) is 22.7 Å². The van der Waals surface area contributed by atoms with E-state index in [2.05, 4.69) is 20.9 Å². The van der Waals surface area contributed by atoms with E-state index in [0.29, 0.717) is 5.95 Å². The third-order valence-corrected chi connectivity index (χ3v) is 2.96. The lowest BCUT2D eigenvalue weighted by Crippen LogP contribution is -2.03. The first kappa shape index (κ1) is 11.1. The van der Waals surface area contributed by atoms with Crippen LogP contribution in [-0.2, 0) is 6.54 Å². The molecule has 0 aliphatic heterocycles. The van der Waals surface area contributed by atoms with Crippen molar-refractivity contribution >= 4 is 39.1 Å². The minimum atomic E-state index is 0.540. The first-order valence-electron chi connectivity index (χ1n) is 5.12. The Morgan fingerprint density at radius 1 is 1.50 bits per heavy atom. The van der Waals surface area contributed by atoms with Gasteiger partial charge in [0.15, 0.2) is 0 Å². The summed E-state index contributed by atoms with van der Waals surface area (Å²) in [5, 5.41) is 6.99.